The maximum Gasteiger partial charge on any atom is 0.261 e. The van der Waals surface area contributed by atoms with Crippen molar-refractivity contribution in [3.63, 3.8) is 0 Å². The molecule has 0 unspecified atom stereocenters. The molecule has 0 saturated heterocycles. The summed E-state index contributed by atoms with van der Waals surface area (Å²) in [6.45, 7) is 3.43. The molecule has 0 saturated carbocycles. The number of rotatable bonds is 6. The first-order valence-electron chi connectivity index (χ1n) is 11.0. The van der Waals surface area contributed by atoms with E-state index in [-0.39, 0.29) is 9.79 Å². The van der Waals surface area contributed by atoms with E-state index < -0.39 is 20.0 Å². The van der Waals surface area contributed by atoms with Crippen LogP contribution in [0.1, 0.15) is 11.1 Å². The lowest BCUT2D eigenvalue weighted by Crippen LogP contribution is -2.14. The van der Waals surface area contributed by atoms with Crippen molar-refractivity contribution >= 4 is 76.6 Å². The molecule has 37 heavy (non-hydrogen) atoms. The van der Waals surface area contributed by atoms with Gasteiger partial charge in [0.25, 0.3) is 20.0 Å². The lowest BCUT2D eigenvalue weighted by Gasteiger charge is -2.12. The van der Waals surface area contributed by atoms with Crippen molar-refractivity contribution in [2.75, 3.05) is 9.44 Å². The Morgan fingerprint density at radius 3 is 1.43 bits per heavy atom. The molecule has 2 N–H and O–H groups in total. The highest BCUT2D eigenvalue weighted by molar-refractivity contribution is 7.93. The van der Waals surface area contributed by atoms with Gasteiger partial charge in [0.2, 0.25) is 0 Å². The first-order chi connectivity index (χ1) is 17.5. The molecule has 5 aromatic rings. The maximum atomic E-state index is 13.2. The zero-order chi connectivity index (χ0) is 26.5. The number of hydrogen-bond acceptors (Lipinski definition) is 5. The minimum Gasteiger partial charge on any atom is -0.456 e. The van der Waals surface area contributed by atoms with Crippen molar-refractivity contribution in [1.82, 2.24) is 0 Å². The number of fused-ring (bicyclic) bond motifs is 3. The molecule has 4 aromatic carbocycles. The molecule has 5 rings (SSSR count). The van der Waals surface area contributed by atoms with Crippen LogP contribution >= 0.6 is 23.2 Å². The van der Waals surface area contributed by atoms with Gasteiger partial charge in [-0.05, 0) is 85.6 Å². The predicted octanol–water partition coefficient (Wildman–Crippen LogP) is 7.11. The zero-order valence-corrected chi connectivity index (χ0v) is 22.7. The summed E-state index contributed by atoms with van der Waals surface area (Å²) in [6.07, 6.45) is 0. The summed E-state index contributed by atoms with van der Waals surface area (Å²) in [5, 5.41) is 1.78. The highest BCUT2D eigenvalue weighted by Gasteiger charge is 2.21. The van der Waals surface area contributed by atoms with Crippen LogP contribution in [0, 0.1) is 13.8 Å². The Kier molecular flexibility index (Phi) is 6.35. The first kappa shape index (κ1) is 25.4. The van der Waals surface area contributed by atoms with Crippen LogP contribution in [0.3, 0.4) is 0 Å². The Bertz CT molecular complexity index is 1780. The maximum absolute atomic E-state index is 13.2. The average molecular weight is 575 g/mol. The fraction of sp³-hybridized carbons (Fsp3) is 0.0769. The minimum atomic E-state index is -3.97. The largest absolute Gasteiger partial charge is 0.456 e. The Morgan fingerprint density at radius 2 is 1.03 bits per heavy atom. The topological polar surface area (TPSA) is 105 Å². The molecular formula is C26H20Cl2N2O5S2. The average Bonchev–Trinajstić information content (AvgIpc) is 3.22. The fourth-order valence-electron chi connectivity index (χ4n) is 3.91. The molecule has 0 spiro atoms. The number of nitrogens with one attached hydrogen (secondary N) is 2. The molecule has 11 heteroatoms. The first-order valence-corrected chi connectivity index (χ1v) is 14.7. The summed E-state index contributed by atoms with van der Waals surface area (Å²) in [5.74, 6) is 0. The summed E-state index contributed by atoms with van der Waals surface area (Å²) in [7, 11) is -7.94. The lowest BCUT2D eigenvalue weighted by molar-refractivity contribution is 0.599. The van der Waals surface area contributed by atoms with Crippen molar-refractivity contribution in [3.8, 4) is 0 Å². The van der Waals surface area contributed by atoms with Crippen molar-refractivity contribution < 1.29 is 21.3 Å². The molecule has 0 fully saturated rings. The van der Waals surface area contributed by atoms with Gasteiger partial charge in [-0.3, -0.25) is 9.44 Å². The molecule has 0 aliphatic carbocycles. The monoisotopic (exact) mass is 574 g/mol. The lowest BCUT2D eigenvalue weighted by atomic mass is 10.1. The van der Waals surface area contributed by atoms with Crippen molar-refractivity contribution in [3.05, 3.63) is 94.0 Å². The molecule has 1 aromatic heterocycles. The van der Waals surface area contributed by atoms with Crippen LogP contribution < -0.4 is 9.44 Å². The molecule has 0 aliphatic heterocycles. The number of hydrogen-bond donors (Lipinski definition) is 2. The number of benzene rings is 4. The van der Waals surface area contributed by atoms with Crippen LogP contribution in [-0.2, 0) is 20.0 Å². The van der Waals surface area contributed by atoms with Crippen LogP contribution in [0.25, 0.3) is 21.9 Å². The summed E-state index contributed by atoms with van der Waals surface area (Å²) in [5.41, 5.74) is 2.75. The Labute approximate surface area is 224 Å². The van der Waals surface area contributed by atoms with E-state index in [2.05, 4.69) is 9.44 Å². The smallest absolute Gasteiger partial charge is 0.261 e. The van der Waals surface area contributed by atoms with Crippen LogP contribution in [0.5, 0.6) is 0 Å². The van der Waals surface area contributed by atoms with Gasteiger partial charge < -0.3 is 4.42 Å². The molecule has 0 aliphatic rings. The third-order valence-corrected chi connectivity index (χ3v) is 9.60. The Morgan fingerprint density at radius 1 is 0.622 bits per heavy atom. The molecule has 0 radical (unpaired) electrons. The second-order valence-corrected chi connectivity index (χ2v) is 12.6. The van der Waals surface area contributed by atoms with Crippen LogP contribution in [0.4, 0.5) is 11.4 Å². The zero-order valence-electron chi connectivity index (χ0n) is 19.5. The Balaban J connectivity index is 1.56. The van der Waals surface area contributed by atoms with E-state index >= 15 is 0 Å². The molecule has 190 valence electrons. The molecule has 0 atom stereocenters. The predicted molar refractivity (Wildman–Crippen MR) is 148 cm³/mol. The van der Waals surface area contributed by atoms with E-state index in [0.29, 0.717) is 54.5 Å². The summed E-state index contributed by atoms with van der Waals surface area (Å²) >= 11 is 12.3. The van der Waals surface area contributed by atoms with Gasteiger partial charge in [0.05, 0.1) is 21.2 Å². The van der Waals surface area contributed by atoms with Crippen molar-refractivity contribution in [1.29, 1.82) is 0 Å². The molecule has 0 bridgehead atoms. The fourth-order valence-corrected chi connectivity index (χ4v) is 6.56. The molecule has 1 heterocycles. The van der Waals surface area contributed by atoms with Crippen LogP contribution in [0.15, 0.2) is 87.0 Å². The van der Waals surface area contributed by atoms with Gasteiger partial charge in [-0.1, -0.05) is 35.3 Å². The molecular weight excluding hydrogens is 555 g/mol. The standard InChI is InChI=1S/C26H20Cl2N2O5S2/c1-15-21(27)5-3-7-23(15)29-36(31,32)17-9-11-25-19(13-17)20-14-18(10-12-26(20)35-25)37(33,34)30-24-8-4-6-22(28)16(24)2/h3-14,29-30H,1-2H3. The van der Waals surface area contributed by atoms with E-state index in [4.69, 9.17) is 27.6 Å². The van der Waals surface area contributed by atoms with Gasteiger partial charge in [-0.2, -0.15) is 0 Å². The van der Waals surface area contributed by atoms with E-state index in [1.807, 2.05) is 0 Å². The normalized spacial score (nSPS) is 12.2. The molecule has 7 nitrogen and oxygen atoms in total. The summed E-state index contributed by atoms with van der Waals surface area (Å²) in [6, 6.07) is 18.7. The third kappa shape index (κ3) is 4.75. The highest BCUT2D eigenvalue weighted by atomic mass is 35.5. The number of halogens is 2. The van der Waals surface area contributed by atoms with E-state index in [1.54, 1.807) is 50.2 Å². The van der Waals surface area contributed by atoms with Gasteiger partial charge in [0.1, 0.15) is 11.2 Å². The van der Waals surface area contributed by atoms with Gasteiger partial charge in [-0.15, -0.1) is 0 Å². The quantitative estimate of drug-likeness (QED) is 0.225. The highest BCUT2D eigenvalue weighted by Crippen LogP contribution is 2.34. The van der Waals surface area contributed by atoms with Gasteiger partial charge in [0.15, 0.2) is 0 Å². The number of sulfonamides is 2. The van der Waals surface area contributed by atoms with Crippen LogP contribution in [-0.4, -0.2) is 16.8 Å². The summed E-state index contributed by atoms with van der Waals surface area (Å²) < 4.78 is 63.6. The number of furan rings is 1. The van der Waals surface area contributed by atoms with E-state index in [9.17, 15) is 16.8 Å². The second kappa shape index (κ2) is 9.25. The third-order valence-electron chi connectivity index (χ3n) is 6.06. The van der Waals surface area contributed by atoms with Crippen molar-refractivity contribution in [2.24, 2.45) is 0 Å². The minimum absolute atomic E-state index is 0.0111. The van der Waals surface area contributed by atoms with Crippen molar-refractivity contribution in [2.45, 2.75) is 23.6 Å². The van der Waals surface area contributed by atoms with Gasteiger partial charge >= 0.3 is 0 Å². The van der Waals surface area contributed by atoms with Gasteiger partial charge in [-0.25, -0.2) is 16.8 Å². The van der Waals surface area contributed by atoms with Crippen LogP contribution in [0.2, 0.25) is 10.0 Å². The van der Waals surface area contributed by atoms with E-state index in [1.165, 1.54) is 36.4 Å². The summed E-state index contributed by atoms with van der Waals surface area (Å²) in [4.78, 5) is -0.0222. The number of anilines is 2. The van der Waals surface area contributed by atoms with E-state index in [0.717, 1.165) is 0 Å². The Hall–Kier alpha value is -3.24. The van der Waals surface area contributed by atoms with Gasteiger partial charge in [0, 0.05) is 20.8 Å². The molecule has 0 amide bonds. The second-order valence-electron chi connectivity index (χ2n) is 8.45. The SMILES string of the molecule is Cc1c(Cl)cccc1NS(=O)(=O)c1ccc2oc3ccc(S(=O)(=O)Nc4cccc(Cl)c4C)cc3c2c1.